The Morgan fingerprint density at radius 1 is 1.10 bits per heavy atom. The molecular weight excluding hydrogens is 392 g/mol. The molecule has 0 aliphatic carbocycles. The van der Waals surface area contributed by atoms with Gasteiger partial charge in [-0.05, 0) is 44.7 Å². The maximum absolute atomic E-state index is 13.3. The molecule has 0 atom stereocenters. The molecule has 29 heavy (non-hydrogen) atoms. The highest BCUT2D eigenvalue weighted by molar-refractivity contribution is 7.90. The van der Waals surface area contributed by atoms with Crippen LogP contribution in [0.25, 0.3) is 0 Å². The minimum atomic E-state index is -3.99. The number of hydrogen-bond donors (Lipinski definition) is 2. The second kappa shape index (κ2) is 6.76. The SMILES string of the molecule is CC(C)(C)CCn1c(=O)c(C2=NS(=O)(=O)c3ccccc3N2)c(O)n1C(C)(C)C. The van der Waals surface area contributed by atoms with Gasteiger partial charge in [-0.1, -0.05) is 32.9 Å². The summed E-state index contributed by atoms with van der Waals surface area (Å²) in [5.74, 6) is -0.476. The van der Waals surface area contributed by atoms with Gasteiger partial charge in [-0.3, -0.25) is 4.79 Å². The zero-order valence-electron chi connectivity index (χ0n) is 17.6. The number of nitrogens with zero attached hydrogens (tertiary/aromatic N) is 3. The zero-order valence-corrected chi connectivity index (χ0v) is 18.5. The number of aromatic hydroxyl groups is 1. The highest BCUT2D eigenvalue weighted by Gasteiger charge is 2.34. The van der Waals surface area contributed by atoms with Crippen LogP contribution in [-0.4, -0.2) is 28.7 Å². The second-order valence-electron chi connectivity index (χ2n) is 9.46. The van der Waals surface area contributed by atoms with Gasteiger partial charge in [0.15, 0.2) is 5.84 Å². The number of benzene rings is 1. The number of aromatic nitrogens is 2. The minimum absolute atomic E-state index is 0.0227. The van der Waals surface area contributed by atoms with Crippen molar-refractivity contribution < 1.29 is 13.5 Å². The molecule has 1 aliphatic rings. The van der Waals surface area contributed by atoms with Crippen LogP contribution in [0.1, 0.15) is 53.5 Å². The molecule has 9 heteroatoms. The van der Waals surface area contributed by atoms with Crippen molar-refractivity contribution in [3.05, 3.63) is 40.2 Å². The molecule has 2 N–H and O–H groups in total. The van der Waals surface area contributed by atoms with Gasteiger partial charge in [-0.2, -0.15) is 8.42 Å². The molecule has 0 radical (unpaired) electrons. The van der Waals surface area contributed by atoms with Crippen LogP contribution in [0.2, 0.25) is 0 Å². The average molecular weight is 421 g/mol. The smallest absolute Gasteiger partial charge is 0.286 e. The van der Waals surface area contributed by atoms with Crippen LogP contribution in [0.5, 0.6) is 5.88 Å². The third kappa shape index (κ3) is 3.96. The number of amidine groups is 1. The molecule has 0 unspecified atom stereocenters. The van der Waals surface area contributed by atoms with Crippen molar-refractivity contribution in [2.45, 2.75) is 64.9 Å². The molecular formula is C20H28N4O4S. The molecule has 0 bridgehead atoms. The van der Waals surface area contributed by atoms with E-state index in [0.29, 0.717) is 18.7 Å². The number of hydrogen-bond acceptors (Lipinski definition) is 5. The summed E-state index contributed by atoms with van der Waals surface area (Å²) in [6.07, 6.45) is 0.701. The average Bonchev–Trinajstić information content (AvgIpc) is 2.81. The minimum Gasteiger partial charge on any atom is -0.493 e. The summed E-state index contributed by atoms with van der Waals surface area (Å²) in [5, 5.41) is 13.9. The highest BCUT2D eigenvalue weighted by Crippen LogP contribution is 2.31. The quantitative estimate of drug-likeness (QED) is 0.794. The predicted octanol–water partition coefficient (Wildman–Crippen LogP) is 3.11. The largest absolute Gasteiger partial charge is 0.493 e. The maximum atomic E-state index is 13.3. The Hall–Kier alpha value is -2.55. The first-order chi connectivity index (χ1) is 13.2. The second-order valence-corrected chi connectivity index (χ2v) is 11.0. The van der Waals surface area contributed by atoms with E-state index in [-0.39, 0.29) is 27.6 Å². The number of anilines is 1. The summed E-state index contributed by atoms with van der Waals surface area (Å²) in [5.41, 5.74) is -0.938. The van der Waals surface area contributed by atoms with E-state index in [9.17, 15) is 18.3 Å². The molecule has 1 aliphatic heterocycles. The first-order valence-electron chi connectivity index (χ1n) is 9.49. The molecule has 0 fully saturated rings. The lowest BCUT2D eigenvalue weighted by Crippen LogP contribution is -2.35. The molecule has 1 aromatic heterocycles. The number of rotatable bonds is 3. The van der Waals surface area contributed by atoms with Gasteiger partial charge in [0.1, 0.15) is 10.5 Å². The molecule has 0 spiro atoms. The van der Waals surface area contributed by atoms with Crippen LogP contribution in [0.4, 0.5) is 5.69 Å². The van der Waals surface area contributed by atoms with Crippen molar-refractivity contribution in [2.24, 2.45) is 9.81 Å². The van der Waals surface area contributed by atoms with Gasteiger partial charge in [0.2, 0.25) is 5.88 Å². The van der Waals surface area contributed by atoms with Gasteiger partial charge >= 0.3 is 0 Å². The molecule has 1 aromatic carbocycles. The van der Waals surface area contributed by atoms with E-state index >= 15 is 0 Å². The normalized spacial score (nSPS) is 16.1. The van der Waals surface area contributed by atoms with E-state index in [1.54, 1.807) is 18.2 Å². The van der Waals surface area contributed by atoms with Crippen molar-refractivity contribution in [1.29, 1.82) is 0 Å². The van der Waals surface area contributed by atoms with Crippen molar-refractivity contribution in [1.82, 2.24) is 9.36 Å². The van der Waals surface area contributed by atoms with Gasteiger partial charge in [0.25, 0.3) is 15.6 Å². The lowest BCUT2D eigenvalue weighted by molar-refractivity contribution is 0.228. The number of fused-ring (bicyclic) bond motifs is 1. The Balaban J connectivity index is 2.20. The first-order valence-corrected chi connectivity index (χ1v) is 10.9. The van der Waals surface area contributed by atoms with Crippen LogP contribution >= 0.6 is 0 Å². The molecule has 2 heterocycles. The summed E-state index contributed by atoms with van der Waals surface area (Å²) in [4.78, 5) is 13.3. The standard InChI is InChI=1S/C20H28N4O4S/c1-19(2,3)11-12-23-17(25)15(18(26)24(23)20(4,5)6)16-21-13-9-7-8-10-14(13)29(27,28)22-16/h7-10,26H,11-12H2,1-6H3,(H,21,22). The Morgan fingerprint density at radius 3 is 2.31 bits per heavy atom. The Labute approximate surface area is 170 Å². The summed E-state index contributed by atoms with van der Waals surface area (Å²) in [6.45, 7) is 12.2. The molecule has 0 saturated carbocycles. The first kappa shape index (κ1) is 21.2. The molecule has 158 valence electrons. The molecule has 3 rings (SSSR count). The molecule has 2 aromatic rings. The van der Waals surface area contributed by atoms with Gasteiger partial charge in [0.05, 0.1) is 11.2 Å². The van der Waals surface area contributed by atoms with Crippen molar-refractivity contribution in [2.75, 3.05) is 5.32 Å². The van der Waals surface area contributed by atoms with E-state index in [4.69, 9.17) is 0 Å². The van der Waals surface area contributed by atoms with Crippen LogP contribution in [0.3, 0.4) is 0 Å². The predicted molar refractivity (Wildman–Crippen MR) is 113 cm³/mol. The van der Waals surface area contributed by atoms with Crippen molar-refractivity contribution in [3.63, 3.8) is 0 Å². The van der Waals surface area contributed by atoms with E-state index in [2.05, 4.69) is 30.5 Å². The van der Waals surface area contributed by atoms with Crippen molar-refractivity contribution in [3.8, 4) is 5.88 Å². The van der Waals surface area contributed by atoms with Crippen molar-refractivity contribution >= 4 is 21.5 Å². The van der Waals surface area contributed by atoms with Crippen LogP contribution in [0.15, 0.2) is 38.4 Å². The fraction of sp³-hybridized carbons (Fsp3) is 0.500. The van der Waals surface area contributed by atoms with E-state index in [1.807, 2.05) is 20.8 Å². The Morgan fingerprint density at radius 2 is 1.72 bits per heavy atom. The Bertz CT molecular complexity index is 1140. The highest BCUT2D eigenvalue weighted by atomic mass is 32.2. The van der Waals surface area contributed by atoms with Crippen LogP contribution in [-0.2, 0) is 22.1 Å². The lowest BCUT2D eigenvalue weighted by Gasteiger charge is -2.27. The molecule has 0 amide bonds. The number of nitrogens with one attached hydrogen (secondary N) is 1. The van der Waals surface area contributed by atoms with Gasteiger partial charge < -0.3 is 10.4 Å². The summed E-state index contributed by atoms with van der Waals surface area (Å²) >= 11 is 0. The monoisotopic (exact) mass is 420 g/mol. The van der Waals surface area contributed by atoms with Gasteiger partial charge in [0, 0.05) is 6.54 Å². The fourth-order valence-electron chi connectivity index (χ4n) is 3.29. The Kier molecular flexibility index (Phi) is 4.93. The molecule has 0 saturated heterocycles. The van der Waals surface area contributed by atoms with Gasteiger partial charge in [-0.15, -0.1) is 4.40 Å². The zero-order chi connectivity index (χ0) is 21.8. The summed E-state index contributed by atoms with van der Waals surface area (Å²) < 4.78 is 32.0. The number of sulfonamides is 1. The lowest BCUT2D eigenvalue weighted by atomic mass is 9.92. The number of para-hydroxylation sites is 1. The fourth-order valence-corrected chi connectivity index (χ4v) is 4.41. The van der Waals surface area contributed by atoms with Crippen LogP contribution < -0.4 is 10.9 Å². The van der Waals surface area contributed by atoms with Gasteiger partial charge in [-0.25, -0.2) is 9.36 Å². The third-order valence-electron chi connectivity index (χ3n) is 4.69. The molecule has 8 nitrogen and oxygen atoms in total. The summed E-state index contributed by atoms with van der Waals surface area (Å²) in [6, 6.07) is 6.33. The van der Waals surface area contributed by atoms with Crippen LogP contribution in [0, 0.1) is 5.41 Å². The van der Waals surface area contributed by atoms with E-state index < -0.39 is 21.1 Å². The summed E-state index contributed by atoms with van der Waals surface area (Å²) in [7, 11) is -3.99. The maximum Gasteiger partial charge on any atom is 0.286 e. The van der Waals surface area contributed by atoms with E-state index in [1.165, 1.54) is 15.4 Å². The third-order valence-corrected chi connectivity index (χ3v) is 6.02. The topological polar surface area (TPSA) is 106 Å². The van der Waals surface area contributed by atoms with E-state index in [0.717, 1.165) is 0 Å².